The van der Waals surface area contributed by atoms with Gasteiger partial charge in [0.2, 0.25) is 5.91 Å². The van der Waals surface area contributed by atoms with E-state index in [9.17, 15) is 14.4 Å². The summed E-state index contributed by atoms with van der Waals surface area (Å²) < 4.78 is 12.3. The minimum absolute atomic E-state index is 0.197. The van der Waals surface area contributed by atoms with E-state index in [0.29, 0.717) is 35.2 Å². The van der Waals surface area contributed by atoms with Crippen molar-refractivity contribution >= 4 is 69.1 Å². The van der Waals surface area contributed by atoms with E-state index in [4.69, 9.17) is 21.1 Å². The lowest BCUT2D eigenvalue weighted by molar-refractivity contribution is -0.135. The van der Waals surface area contributed by atoms with Gasteiger partial charge < -0.3 is 14.4 Å². The lowest BCUT2D eigenvalue weighted by atomic mass is 10.1. The fourth-order valence-corrected chi connectivity index (χ4v) is 5.53. The first-order valence-electron chi connectivity index (χ1n) is 10.6. The molecule has 4 rings (SSSR count). The number of likely N-dealkylation sites (tertiary alicyclic amines) is 1. The Kier molecular flexibility index (Phi) is 8.05. The van der Waals surface area contributed by atoms with Gasteiger partial charge in [0.25, 0.3) is 11.1 Å². The van der Waals surface area contributed by atoms with E-state index in [2.05, 4.69) is 22.6 Å². The number of rotatable bonds is 7. The molecule has 34 heavy (non-hydrogen) atoms. The maximum absolute atomic E-state index is 12.8. The molecule has 0 aromatic heterocycles. The van der Waals surface area contributed by atoms with E-state index < -0.39 is 11.1 Å². The molecule has 2 aromatic carbocycles. The third kappa shape index (κ3) is 5.52. The molecule has 2 saturated heterocycles. The van der Waals surface area contributed by atoms with Gasteiger partial charge in [0, 0.05) is 23.7 Å². The zero-order chi connectivity index (χ0) is 24.2. The van der Waals surface area contributed by atoms with Crippen LogP contribution in [0.1, 0.15) is 24.0 Å². The van der Waals surface area contributed by atoms with Crippen LogP contribution in [0.25, 0.3) is 6.08 Å². The monoisotopic (exact) mass is 612 g/mol. The highest BCUT2D eigenvalue weighted by molar-refractivity contribution is 14.1. The van der Waals surface area contributed by atoms with Crippen molar-refractivity contribution in [3.8, 4) is 11.5 Å². The van der Waals surface area contributed by atoms with E-state index in [0.717, 1.165) is 38.6 Å². The van der Waals surface area contributed by atoms with Crippen molar-refractivity contribution in [1.82, 2.24) is 9.80 Å². The molecule has 2 aromatic rings. The smallest absolute Gasteiger partial charge is 0.294 e. The fourth-order valence-electron chi connectivity index (χ4n) is 3.72. The summed E-state index contributed by atoms with van der Waals surface area (Å²) in [4.78, 5) is 40.7. The SMILES string of the molecule is COc1cc(/C=C2/SC(=O)N(CC(=O)N3CCCC3)C2=O)cc(I)c1OCc1ccccc1Cl. The molecule has 0 unspecified atom stereocenters. The van der Waals surface area contributed by atoms with Crippen LogP contribution in [0.4, 0.5) is 4.79 Å². The number of benzene rings is 2. The van der Waals surface area contributed by atoms with Crippen LogP contribution in [-0.4, -0.2) is 53.6 Å². The van der Waals surface area contributed by atoms with Gasteiger partial charge in [-0.05, 0) is 77.0 Å². The van der Waals surface area contributed by atoms with Gasteiger partial charge in [0.15, 0.2) is 11.5 Å². The highest BCUT2D eigenvalue weighted by Gasteiger charge is 2.37. The predicted octanol–water partition coefficient (Wildman–Crippen LogP) is 5.19. The summed E-state index contributed by atoms with van der Waals surface area (Å²) in [7, 11) is 1.54. The second-order valence-electron chi connectivity index (χ2n) is 7.77. The van der Waals surface area contributed by atoms with Crippen molar-refractivity contribution in [2.24, 2.45) is 0 Å². The van der Waals surface area contributed by atoms with Gasteiger partial charge in [-0.15, -0.1) is 0 Å². The number of carbonyl (C=O) groups excluding carboxylic acids is 3. The first kappa shape index (κ1) is 24.9. The summed E-state index contributed by atoms with van der Waals surface area (Å²) in [6, 6.07) is 11.0. The van der Waals surface area contributed by atoms with Crippen molar-refractivity contribution in [2.45, 2.75) is 19.4 Å². The Labute approximate surface area is 220 Å². The number of hydrogen-bond acceptors (Lipinski definition) is 6. The average molecular weight is 613 g/mol. The number of halogens is 2. The number of nitrogens with zero attached hydrogens (tertiary/aromatic N) is 2. The Hall–Kier alpha value is -2.24. The van der Waals surface area contributed by atoms with Crippen molar-refractivity contribution in [3.63, 3.8) is 0 Å². The summed E-state index contributed by atoms with van der Waals surface area (Å²) in [6.45, 7) is 1.40. The number of amides is 3. The average Bonchev–Trinajstić information content (AvgIpc) is 3.44. The van der Waals surface area contributed by atoms with Gasteiger partial charge in [-0.1, -0.05) is 29.8 Å². The van der Waals surface area contributed by atoms with Gasteiger partial charge in [0.1, 0.15) is 13.2 Å². The Morgan fingerprint density at radius 1 is 1.21 bits per heavy atom. The molecule has 2 aliphatic heterocycles. The van der Waals surface area contributed by atoms with E-state index >= 15 is 0 Å². The molecule has 2 heterocycles. The zero-order valence-electron chi connectivity index (χ0n) is 18.4. The Morgan fingerprint density at radius 3 is 2.65 bits per heavy atom. The van der Waals surface area contributed by atoms with Crippen molar-refractivity contribution in [2.75, 3.05) is 26.7 Å². The minimum atomic E-state index is -0.462. The highest BCUT2D eigenvalue weighted by Crippen LogP contribution is 2.38. The number of carbonyl (C=O) groups is 3. The Morgan fingerprint density at radius 2 is 1.94 bits per heavy atom. The van der Waals surface area contributed by atoms with Crippen LogP contribution in [0, 0.1) is 3.57 Å². The summed E-state index contributed by atoms with van der Waals surface area (Å²) in [5, 5.41) is 0.178. The highest BCUT2D eigenvalue weighted by atomic mass is 127. The van der Waals surface area contributed by atoms with Crippen LogP contribution in [-0.2, 0) is 16.2 Å². The molecule has 2 aliphatic rings. The quantitative estimate of drug-likeness (QED) is 0.317. The van der Waals surface area contributed by atoms with Crippen LogP contribution in [0.15, 0.2) is 41.3 Å². The van der Waals surface area contributed by atoms with Gasteiger partial charge >= 0.3 is 0 Å². The zero-order valence-corrected chi connectivity index (χ0v) is 22.1. The maximum Gasteiger partial charge on any atom is 0.294 e. The molecule has 0 spiro atoms. The van der Waals surface area contributed by atoms with E-state index in [-0.39, 0.29) is 24.0 Å². The number of hydrogen-bond donors (Lipinski definition) is 0. The molecule has 10 heteroatoms. The lowest BCUT2D eigenvalue weighted by Crippen LogP contribution is -2.40. The van der Waals surface area contributed by atoms with Gasteiger partial charge in [-0.25, -0.2) is 0 Å². The Balaban J connectivity index is 1.50. The number of methoxy groups -OCH3 is 1. The fraction of sp³-hybridized carbons (Fsp3) is 0.292. The van der Waals surface area contributed by atoms with E-state index in [1.54, 1.807) is 23.1 Å². The number of ether oxygens (including phenoxy) is 2. The van der Waals surface area contributed by atoms with Crippen LogP contribution >= 0.6 is 46.0 Å². The minimum Gasteiger partial charge on any atom is -0.493 e. The van der Waals surface area contributed by atoms with E-state index in [1.165, 1.54) is 7.11 Å². The normalized spacial score (nSPS) is 17.1. The van der Waals surface area contributed by atoms with Crippen molar-refractivity contribution in [1.29, 1.82) is 0 Å². The van der Waals surface area contributed by atoms with Crippen LogP contribution < -0.4 is 9.47 Å². The third-order valence-corrected chi connectivity index (χ3v) is 7.58. The van der Waals surface area contributed by atoms with Gasteiger partial charge in [-0.2, -0.15) is 0 Å². The number of imide groups is 1. The largest absolute Gasteiger partial charge is 0.493 e. The molecule has 7 nitrogen and oxygen atoms in total. The van der Waals surface area contributed by atoms with Crippen LogP contribution in [0.3, 0.4) is 0 Å². The summed E-state index contributed by atoms with van der Waals surface area (Å²) in [5.74, 6) is 0.394. The summed E-state index contributed by atoms with van der Waals surface area (Å²) in [6.07, 6.45) is 3.53. The maximum atomic E-state index is 12.8. The van der Waals surface area contributed by atoms with Gasteiger partial charge in [0.05, 0.1) is 15.6 Å². The second kappa shape index (κ2) is 11.0. The molecule has 0 atom stereocenters. The number of thioether (sulfide) groups is 1. The second-order valence-corrected chi connectivity index (χ2v) is 10.3. The summed E-state index contributed by atoms with van der Waals surface area (Å²) in [5.41, 5.74) is 1.53. The molecule has 3 amide bonds. The molecule has 2 fully saturated rings. The lowest BCUT2D eigenvalue weighted by Gasteiger charge is -2.18. The first-order valence-corrected chi connectivity index (χ1v) is 12.9. The summed E-state index contributed by atoms with van der Waals surface area (Å²) >= 11 is 9.19. The standard InChI is InChI=1S/C24H22ClIN2O5S/c1-32-19-11-15(10-18(26)22(19)33-14-16-6-2-3-7-17(16)25)12-20-23(30)28(24(31)34-20)13-21(29)27-8-4-5-9-27/h2-3,6-7,10-12H,4-5,8-9,13-14H2,1H3/b20-12+. The van der Waals surface area contributed by atoms with Crippen LogP contribution in [0.2, 0.25) is 5.02 Å². The molecule has 0 radical (unpaired) electrons. The Bertz CT molecular complexity index is 1170. The first-order chi connectivity index (χ1) is 16.4. The van der Waals surface area contributed by atoms with Crippen molar-refractivity contribution in [3.05, 3.63) is 61.0 Å². The van der Waals surface area contributed by atoms with Gasteiger partial charge in [-0.3, -0.25) is 19.3 Å². The molecule has 0 bridgehead atoms. The molecule has 0 aliphatic carbocycles. The van der Waals surface area contributed by atoms with Crippen LogP contribution in [0.5, 0.6) is 11.5 Å². The van der Waals surface area contributed by atoms with Crippen molar-refractivity contribution < 1.29 is 23.9 Å². The predicted molar refractivity (Wildman–Crippen MR) is 140 cm³/mol. The molecular weight excluding hydrogens is 591 g/mol. The van der Waals surface area contributed by atoms with E-state index in [1.807, 2.05) is 24.3 Å². The molecular formula is C24H22ClIN2O5S. The molecule has 0 saturated carbocycles. The molecule has 0 N–H and O–H groups in total. The topological polar surface area (TPSA) is 76.2 Å². The molecule has 178 valence electrons. The third-order valence-electron chi connectivity index (χ3n) is 5.51.